The molecule has 1 aromatic heterocycles. The molecular weight excluding hydrogens is 397 g/mol. The predicted molar refractivity (Wildman–Crippen MR) is 106 cm³/mol. The molecule has 0 spiro atoms. The number of ether oxygens (including phenoxy) is 2. The molecule has 1 aliphatic heterocycles. The molecule has 1 aliphatic rings. The first-order valence-electron chi connectivity index (χ1n) is 9.34. The third-order valence-electron chi connectivity index (χ3n) is 4.60. The Labute approximate surface area is 172 Å². The van der Waals surface area contributed by atoms with Gasteiger partial charge in [0.1, 0.15) is 35.4 Å². The van der Waals surface area contributed by atoms with Crippen LogP contribution < -0.4 is 15.4 Å². The first kappa shape index (κ1) is 21.4. The monoisotopic (exact) mass is 421 g/mol. The zero-order valence-electron chi connectivity index (χ0n) is 17.2. The van der Waals surface area contributed by atoms with Crippen LogP contribution in [-0.2, 0) is 9.53 Å². The second kappa shape index (κ2) is 7.85. The van der Waals surface area contributed by atoms with Crippen LogP contribution in [0.25, 0.3) is 11.0 Å². The maximum Gasteiger partial charge on any atom is 0.411 e. The average molecular weight is 421 g/mol. The fraction of sp³-hybridized carbons (Fsp3) is 0.450. The molecule has 3 rings (SSSR count). The zero-order chi connectivity index (χ0) is 22.2. The molecule has 2 aromatic rings. The van der Waals surface area contributed by atoms with Crippen molar-refractivity contribution < 1.29 is 32.7 Å². The summed E-state index contributed by atoms with van der Waals surface area (Å²) in [5.74, 6) is -0.374. The van der Waals surface area contributed by atoms with E-state index in [-0.39, 0.29) is 18.7 Å². The number of rotatable bonds is 3. The minimum atomic E-state index is -1.44. The molecule has 4 amide bonds. The van der Waals surface area contributed by atoms with Crippen molar-refractivity contribution in [3.8, 4) is 5.75 Å². The summed E-state index contributed by atoms with van der Waals surface area (Å²) in [6.45, 7) is 4.65. The van der Waals surface area contributed by atoms with Gasteiger partial charge in [0, 0.05) is 11.8 Å². The summed E-state index contributed by atoms with van der Waals surface area (Å²) in [7, 11) is 1.47. The third-order valence-corrected chi connectivity index (χ3v) is 4.60. The van der Waals surface area contributed by atoms with Crippen LogP contribution in [0.1, 0.15) is 27.2 Å². The van der Waals surface area contributed by atoms with Crippen LogP contribution in [0, 0.1) is 0 Å². The van der Waals surface area contributed by atoms with Crippen molar-refractivity contribution in [2.45, 2.75) is 45.0 Å². The number of likely N-dealkylation sites (tertiary alicyclic amines) is 1. The summed E-state index contributed by atoms with van der Waals surface area (Å²) in [4.78, 5) is 39.6. The highest BCUT2D eigenvalue weighted by atomic mass is 19.1. The first-order chi connectivity index (χ1) is 14.0. The number of hydrogen-bond acceptors (Lipinski definition) is 6. The van der Waals surface area contributed by atoms with Crippen LogP contribution in [0.3, 0.4) is 0 Å². The van der Waals surface area contributed by atoms with E-state index in [1.165, 1.54) is 13.4 Å². The van der Waals surface area contributed by atoms with Crippen molar-refractivity contribution in [3.63, 3.8) is 0 Å². The summed E-state index contributed by atoms with van der Waals surface area (Å²) in [5, 5.41) is 0.403. The second-order valence-corrected chi connectivity index (χ2v) is 7.98. The van der Waals surface area contributed by atoms with Gasteiger partial charge in [0.25, 0.3) is 5.91 Å². The number of primary amides is 1. The normalized spacial score (nSPS) is 19.0. The number of benzene rings is 1. The molecule has 1 fully saturated rings. The predicted octanol–water partition coefficient (Wildman–Crippen LogP) is 3.20. The summed E-state index contributed by atoms with van der Waals surface area (Å²) in [6.07, 6.45) is -1.36. The van der Waals surface area contributed by atoms with Crippen LogP contribution in [-0.4, -0.2) is 54.4 Å². The Hall–Kier alpha value is -3.30. The molecule has 30 heavy (non-hydrogen) atoms. The Morgan fingerprint density at radius 2 is 2.00 bits per heavy atom. The van der Waals surface area contributed by atoms with Gasteiger partial charge in [-0.1, -0.05) is 0 Å². The van der Waals surface area contributed by atoms with E-state index in [0.717, 1.165) is 4.90 Å². The van der Waals surface area contributed by atoms with Crippen molar-refractivity contribution in [2.75, 3.05) is 18.6 Å². The zero-order valence-corrected chi connectivity index (χ0v) is 17.2. The highest BCUT2D eigenvalue weighted by Gasteiger charge is 2.45. The molecule has 0 unspecified atom stereocenters. The fourth-order valence-electron chi connectivity index (χ4n) is 3.33. The quantitative estimate of drug-likeness (QED) is 0.814. The Bertz CT molecular complexity index is 983. The maximum atomic E-state index is 14.2. The molecule has 1 aromatic carbocycles. The number of carbonyl (C=O) groups excluding carboxylic acids is 3. The molecule has 9 nitrogen and oxygen atoms in total. The number of imide groups is 1. The van der Waals surface area contributed by atoms with Crippen molar-refractivity contribution >= 4 is 34.7 Å². The van der Waals surface area contributed by atoms with Gasteiger partial charge < -0.3 is 19.6 Å². The minimum Gasteiger partial charge on any atom is -0.497 e. The van der Waals surface area contributed by atoms with Gasteiger partial charge in [0.05, 0.1) is 19.3 Å². The van der Waals surface area contributed by atoms with Crippen molar-refractivity contribution in [1.29, 1.82) is 0 Å². The summed E-state index contributed by atoms with van der Waals surface area (Å²) < 4.78 is 30.0. The highest BCUT2D eigenvalue weighted by molar-refractivity contribution is 6.19. The van der Waals surface area contributed by atoms with Gasteiger partial charge in [0.15, 0.2) is 0 Å². The number of urea groups is 1. The van der Waals surface area contributed by atoms with E-state index in [1.807, 2.05) is 0 Å². The SMILES string of the molecule is COc1ccc2occ(N(C(N)=O)C(=O)[C@@H]3C[C@H](F)CN3C(=O)OC(C)(C)C)c2c1. The van der Waals surface area contributed by atoms with Crippen LogP contribution >= 0.6 is 0 Å². The van der Waals surface area contributed by atoms with Gasteiger partial charge in [-0.25, -0.2) is 18.9 Å². The third kappa shape index (κ3) is 4.17. The number of nitrogens with two attached hydrogens (primary N) is 1. The molecule has 2 heterocycles. The van der Waals surface area contributed by atoms with Crippen molar-refractivity contribution in [2.24, 2.45) is 5.73 Å². The average Bonchev–Trinajstić information content (AvgIpc) is 3.23. The standard InChI is InChI=1S/C20H24FN3O6/c1-20(2,3)30-19(27)23-9-11(21)7-14(23)17(25)24(18(22)26)15-10-29-16-6-5-12(28-4)8-13(15)16/h5-6,8,10-11,14H,7,9H2,1-4H3,(H2,22,26)/t11-,14-/m0/s1. The molecule has 0 aliphatic carbocycles. The smallest absolute Gasteiger partial charge is 0.411 e. The number of alkyl halides is 1. The molecule has 1 saturated heterocycles. The van der Waals surface area contributed by atoms with Gasteiger partial charge in [-0.05, 0) is 39.0 Å². The minimum absolute atomic E-state index is 0.0767. The number of anilines is 1. The Balaban J connectivity index is 1.97. The number of fused-ring (bicyclic) bond motifs is 1. The molecule has 0 bridgehead atoms. The molecule has 2 N–H and O–H groups in total. The number of nitrogens with zero attached hydrogens (tertiary/aromatic N) is 2. The lowest BCUT2D eigenvalue weighted by atomic mass is 10.1. The maximum absolute atomic E-state index is 14.2. The number of amides is 4. The van der Waals surface area contributed by atoms with Gasteiger partial charge in [-0.2, -0.15) is 0 Å². The van der Waals surface area contributed by atoms with Crippen molar-refractivity contribution in [1.82, 2.24) is 4.90 Å². The molecule has 10 heteroatoms. The van der Waals surface area contributed by atoms with E-state index in [1.54, 1.807) is 39.0 Å². The number of methoxy groups -OCH3 is 1. The molecule has 0 saturated carbocycles. The van der Waals surface area contributed by atoms with Crippen LogP contribution in [0.15, 0.2) is 28.9 Å². The lowest BCUT2D eigenvalue weighted by molar-refractivity contribution is -0.122. The topological polar surface area (TPSA) is 115 Å². The van der Waals surface area contributed by atoms with Crippen molar-refractivity contribution in [3.05, 3.63) is 24.5 Å². The summed E-state index contributed by atoms with van der Waals surface area (Å²) in [5.41, 5.74) is 5.12. The van der Waals surface area contributed by atoms with Gasteiger partial charge in [-0.3, -0.25) is 9.69 Å². The van der Waals surface area contributed by atoms with Crippen LogP contribution in [0.4, 0.5) is 19.7 Å². The lowest BCUT2D eigenvalue weighted by Crippen LogP contribution is -2.52. The Morgan fingerprint density at radius 3 is 2.60 bits per heavy atom. The molecule has 162 valence electrons. The number of furan rings is 1. The largest absolute Gasteiger partial charge is 0.497 e. The summed E-state index contributed by atoms with van der Waals surface area (Å²) >= 11 is 0. The summed E-state index contributed by atoms with van der Waals surface area (Å²) in [6, 6.07) is 2.51. The van der Waals surface area contributed by atoms with Gasteiger partial charge in [0.2, 0.25) is 0 Å². The lowest BCUT2D eigenvalue weighted by Gasteiger charge is -2.29. The van der Waals surface area contributed by atoms with E-state index in [9.17, 15) is 18.8 Å². The Morgan fingerprint density at radius 1 is 1.30 bits per heavy atom. The highest BCUT2D eigenvalue weighted by Crippen LogP contribution is 2.34. The number of carbonyl (C=O) groups is 3. The molecule has 2 atom stereocenters. The molecular formula is C20H24FN3O6. The number of halogens is 1. The van der Waals surface area contributed by atoms with Gasteiger partial charge >= 0.3 is 12.1 Å². The van der Waals surface area contributed by atoms with E-state index in [4.69, 9.17) is 19.6 Å². The second-order valence-electron chi connectivity index (χ2n) is 7.98. The van der Waals surface area contributed by atoms with Gasteiger partial charge in [-0.15, -0.1) is 0 Å². The Kier molecular flexibility index (Phi) is 5.60. The first-order valence-corrected chi connectivity index (χ1v) is 9.34. The van der Waals surface area contributed by atoms with Crippen LogP contribution in [0.5, 0.6) is 5.75 Å². The van der Waals surface area contributed by atoms with E-state index in [0.29, 0.717) is 21.6 Å². The molecule has 0 radical (unpaired) electrons. The van der Waals surface area contributed by atoms with E-state index in [2.05, 4.69) is 0 Å². The van der Waals surface area contributed by atoms with E-state index >= 15 is 0 Å². The number of hydrogen-bond donors (Lipinski definition) is 1. The van der Waals surface area contributed by atoms with E-state index < -0.39 is 35.8 Å². The van der Waals surface area contributed by atoms with Crippen LogP contribution in [0.2, 0.25) is 0 Å². The fourth-order valence-corrected chi connectivity index (χ4v) is 3.33.